The van der Waals surface area contributed by atoms with Gasteiger partial charge in [0.1, 0.15) is 5.75 Å². The Morgan fingerprint density at radius 1 is 1.36 bits per heavy atom. The molecule has 1 aromatic carbocycles. The maximum Gasteiger partial charge on any atom is 0.387 e. The lowest BCUT2D eigenvalue weighted by Crippen LogP contribution is -2.04. The first kappa shape index (κ1) is 11.5. The normalized spacial score (nSPS) is 10.6. The molecule has 0 aliphatic heterocycles. The molecule has 0 saturated carbocycles. The van der Waals surface area contributed by atoms with Crippen molar-refractivity contribution in [3.63, 3.8) is 0 Å². The summed E-state index contributed by atoms with van der Waals surface area (Å²) in [6, 6.07) is 4.48. The lowest BCUT2D eigenvalue weighted by molar-refractivity contribution is -0.0504. The molecule has 0 radical (unpaired) electrons. The molecule has 0 bridgehead atoms. The third kappa shape index (κ3) is 3.31. The van der Waals surface area contributed by atoms with Gasteiger partial charge >= 0.3 is 6.61 Å². The van der Waals surface area contributed by atoms with Crippen LogP contribution >= 0.6 is 23.2 Å². The van der Waals surface area contributed by atoms with Crippen LogP contribution in [0.5, 0.6) is 5.75 Å². The van der Waals surface area contributed by atoms with Crippen LogP contribution in [-0.4, -0.2) is 12.5 Å². The van der Waals surface area contributed by atoms with Gasteiger partial charge in [0, 0.05) is 10.9 Å². The van der Waals surface area contributed by atoms with Gasteiger partial charge in [-0.1, -0.05) is 11.6 Å². The van der Waals surface area contributed by atoms with Gasteiger partial charge in [-0.2, -0.15) is 8.78 Å². The second-order valence-electron chi connectivity index (χ2n) is 2.57. The molecule has 0 aromatic heterocycles. The number of rotatable bonds is 4. The summed E-state index contributed by atoms with van der Waals surface area (Å²) in [6.07, 6.45) is 0.449. The van der Waals surface area contributed by atoms with Crippen LogP contribution in [0.4, 0.5) is 8.78 Å². The molecule has 0 fully saturated rings. The summed E-state index contributed by atoms with van der Waals surface area (Å²) in [5, 5.41) is 0.478. The highest BCUT2D eigenvalue weighted by molar-refractivity contribution is 6.30. The SMILES string of the molecule is FC(F)Oc1ccc(Cl)cc1CCCl. The molecule has 0 amide bonds. The second kappa shape index (κ2) is 5.37. The molecule has 1 rings (SSSR count). The number of benzene rings is 1. The van der Waals surface area contributed by atoms with Gasteiger partial charge in [-0.25, -0.2) is 0 Å². The summed E-state index contributed by atoms with van der Waals surface area (Å²) in [5.74, 6) is 0.463. The smallest absolute Gasteiger partial charge is 0.387 e. The van der Waals surface area contributed by atoms with Crippen LogP contribution in [0.25, 0.3) is 0 Å². The van der Waals surface area contributed by atoms with Crippen LogP contribution < -0.4 is 4.74 Å². The number of halogens is 4. The molecule has 0 aliphatic carbocycles. The molecule has 0 aliphatic rings. The Kier molecular flexibility index (Phi) is 4.42. The fourth-order valence-electron chi connectivity index (χ4n) is 1.06. The van der Waals surface area contributed by atoms with E-state index in [0.717, 1.165) is 0 Å². The van der Waals surface area contributed by atoms with Crippen LogP contribution in [0.3, 0.4) is 0 Å². The predicted octanol–water partition coefficient (Wildman–Crippen LogP) is 3.72. The average molecular weight is 241 g/mol. The highest BCUT2D eigenvalue weighted by Crippen LogP contribution is 2.25. The van der Waals surface area contributed by atoms with Gasteiger partial charge in [0.15, 0.2) is 0 Å². The second-order valence-corrected chi connectivity index (χ2v) is 3.38. The summed E-state index contributed by atoms with van der Waals surface area (Å²) in [5.41, 5.74) is 0.591. The van der Waals surface area contributed by atoms with Gasteiger partial charge in [0.05, 0.1) is 0 Å². The Morgan fingerprint density at radius 3 is 2.64 bits per heavy atom. The van der Waals surface area contributed by atoms with Crippen LogP contribution in [0, 0.1) is 0 Å². The summed E-state index contributed by atoms with van der Waals surface area (Å²) in [6.45, 7) is -2.83. The fourth-order valence-corrected chi connectivity index (χ4v) is 1.45. The minimum absolute atomic E-state index is 0.130. The van der Waals surface area contributed by atoms with Crippen molar-refractivity contribution < 1.29 is 13.5 Å². The van der Waals surface area contributed by atoms with Crippen molar-refractivity contribution >= 4 is 23.2 Å². The summed E-state index contributed by atoms with van der Waals surface area (Å²) < 4.78 is 28.2. The lowest BCUT2D eigenvalue weighted by atomic mass is 10.1. The Hall–Kier alpha value is -0.540. The van der Waals surface area contributed by atoms with Gasteiger partial charge < -0.3 is 4.74 Å². The summed E-state index contributed by atoms with van der Waals surface area (Å²) >= 11 is 11.2. The Bertz CT molecular complexity index is 305. The molecule has 1 nitrogen and oxygen atoms in total. The van der Waals surface area contributed by atoms with Crippen molar-refractivity contribution in [2.75, 3.05) is 5.88 Å². The molecular formula is C9H8Cl2F2O. The van der Waals surface area contributed by atoms with Crippen LogP contribution in [0.1, 0.15) is 5.56 Å². The zero-order valence-electron chi connectivity index (χ0n) is 7.14. The average Bonchev–Trinajstić information content (AvgIpc) is 2.09. The van der Waals surface area contributed by atoms with Crippen molar-refractivity contribution in [3.8, 4) is 5.75 Å². The van der Waals surface area contributed by atoms with Gasteiger partial charge in [-0.15, -0.1) is 11.6 Å². The summed E-state index contributed by atoms with van der Waals surface area (Å²) in [4.78, 5) is 0. The van der Waals surface area contributed by atoms with Crippen molar-refractivity contribution in [1.82, 2.24) is 0 Å². The standard InChI is InChI=1S/C9H8Cl2F2O/c10-4-3-6-5-7(11)1-2-8(6)14-9(12)13/h1-2,5,9H,3-4H2. The van der Waals surface area contributed by atoms with E-state index in [9.17, 15) is 8.78 Å². The Morgan fingerprint density at radius 2 is 2.07 bits per heavy atom. The van der Waals surface area contributed by atoms with Gasteiger partial charge in [0.2, 0.25) is 0 Å². The maximum atomic E-state index is 12.0. The number of ether oxygens (including phenoxy) is 1. The highest BCUT2D eigenvalue weighted by atomic mass is 35.5. The quantitative estimate of drug-likeness (QED) is 0.730. The number of aryl methyl sites for hydroxylation is 1. The van der Waals surface area contributed by atoms with Crippen molar-refractivity contribution in [2.45, 2.75) is 13.0 Å². The monoisotopic (exact) mass is 240 g/mol. The third-order valence-electron chi connectivity index (χ3n) is 1.60. The lowest BCUT2D eigenvalue weighted by Gasteiger charge is -2.09. The molecule has 0 spiro atoms. The zero-order chi connectivity index (χ0) is 10.6. The van der Waals surface area contributed by atoms with E-state index >= 15 is 0 Å². The van der Waals surface area contributed by atoms with Crippen molar-refractivity contribution in [2.24, 2.45) is 0 Å². The minimum Gasteiger partial charge on any atom is -0.435 e. The molecule has 0 saturated heterocycles. The minimum atomic E-state index is -2.83. The molecule has 1 aromatic rings. The topological polar surface area (TPSA) is 9.23 Å². The van der Waals surface area contributed by atoms with Crippen LogP contribution in [0.15, 0.2) is 18.2 Å². The number of hydrogen-bond acceptors (Lipinski definition) is 1. The molecule has 0 heterocycles. The van der Waals surface area contributed by atoms with Crippen molar-refractivity contribution in [1.29, 1.82) is 0 Å². The van der Waals surface area contributed by atoms with E-state index in [1.165, 1.54) is 12.1 Å². The first-order valence-electron chi connectivity index (χ1n) is 3.92. The molecule has 78 valence electrons. The van der Waals surface area contributed by atoms with E-state index in [0.29, 0.717) is 22.9 Å². The van der Waals surface area contributed by atoms with Gasteiger partial charge in [-0.05, 0) is 30.2 Å². The molecule has 14 heavy (non-hydrogen) atoms. The van der Waals surface area contributed by atoms with E-state index in [1.54, 1.807) is 6.07 Å². The van der Waals surface area contributed by atoms with E-state index in [1.807, 2.05) is 0 Å². The van der Waals surface area contributed by atoms with Gasteiger partial charge in [-0.3, -0.25) is 0 Å². The van der Waals surface area contributed by atoms with Crippen LogP contribution in [-0.2, 0) is 6.42 Å². The Balaban J connectivity index is 2.89. The fraction of sp³-hybridized carbons (Fsp3) is 0.333. The number of hydrogen-bond donors (Lipinski definition) is 0. The largest absolute Gasteiger partial charge is 0.435 e. The Labute approximate surface area is 90.6 Å². The van der Waals surface area contributed by atoms with Crippen molar-refractivity contribution in [3.05, 3.63) is 28.8 Å². The predicted molar refractivity (Wildman–Crippen MR) is 52.5 cm³/mol. The number of alkyl halides is 3. The summed E-state index contributed by atoms with van der Waals surface area (Å²) in [7, 11) is 0. The van der Waals surface area contributed by atoms with E-state index in [4.69, 9.17) is 23.2 Å². The van der Waals surface area contributed by atoms with E-state index in [-0.39, 0.29) is 5.75 Å². The molecule has 0 N–H and O–H groups in total. The molecule has 0 atom stereocenters. The first-order valence-corrected chi connectivity index (χ1v) is 4.84. The molecule has 5 heteroatoms. The molecular weight excluding hydrogens is 233 g/mol. The maximum absolute atomic E-state index is 12.0. The zero-order valence-corrected chi connectivity index (χ0v) is 8.66. The molecule has 0 unspecified atom stereocenters. The first-order chi connectivity index (χ1) is 6.63. The van der Waals surface area contributed by atoms with Gasteiger partial charge in [0.25, 0.3) is 0 Å². The third-order valence-corrected chi connectivity index (χ3v) is 2.03. The highest BCUT2D eigenvalue weighted by Gasteiger charge is 2.09. The van der Waals surface area contributed by atoms with E-state index in [2.05, 4.69) is 4.74 Å². The van der Waals surface area contributed by atoms with E-state index < -0.39 is 6.61 Å². The van der Waals surface area contributed by atoms with Crippen LogP contribution in [0.2, 0.25) is 5.02 Å².